The number of benzene rings is 2. The fourth-order valence-corrected chi connectivity index (χ4v) is 3.70. The lowest BCUT2D eigenvalue weighted by atomic mass is 9.78. The van der Waals surface area contributed by atoms with Gasteiger partial charge in [0, 0.05) is 6.04 Å². The molecule has 0 aromatic heterocycles. The minimum atomic E-state index is -0.516. The summed E-state index contributed by atoms with van der Waals surface area (Å²) < 4.78 is 5.17. The number of esters is 1. The topological polar surface area (TPSA) is 75.6 Å². The lowest BCUT2D eigenvalue weighted by molar-refractivity contribution is -0.125. The Morgan fingerprint density at radius 3 is 2.25 bits per heavy atom. The summed E-state index contributed by atoms with van der Waals surface area (Å²) in [5, 5.41) is 12.4. The lowest BCUT2D eigenvalue weighted by Gasteiger charge is -2.34. The number of amides is 1. The molecule has 0 radical (unpaired) electrons. The summed E-state index contributed by atoms with van der Waals surface area (Å²) in [7, 11) is 0. The molecule has 5 heteroatoms. The van der Waals surface area contributed by atoms with E-state index in [9.17, 15) is 14.7 Å². The molecule has 1 saturated carbocycles. The predicted octanol–water partition coefficient (Wildman–Crippen LogP) is 4.16. The van der Waals surface area contributed by atoms with Gasteiger partial charge in [-0.05, 0) is 53.6 Å². The molecule has 0 unspecified atom stereocenters. The van der Waals surface area contributed by atoms with E-state index in [0.717, 1.165) is 24.0 Å². The van der Waals surface area contributed by atoms with Crippen molar-refractivity contribution in [3.63, 3.8) is 0 Å². The third-order valence-electron chi connectivity index (χ3n) is 5.71. The fourth-order valence-electron chi connectivity index (χ4n) is 3.70. The fraction of sp³-hybridized carbons (Fsp3) is 0.391. The zero-order valence-corrected chi connectivity index (χ0v) is 16.4. The Morgan fingerprint density at radius 2 is 1.61 bits per heavy atom. The first-order valence-corrected chi connectivity index (χ1v) is 9.80. The van der Waals surface area contributed by atoms with Crippen molar-refractivity contribution in [3.05, 3.63) is 54.1 Å². The van der Waals surface area contributed by atoms with Crippen LogP contribution in [0.25, 0.3) is 11.1 Å². The van der Waals surface area contributed by atoms with Gasteiger partial charge in [0.25, 0.3) is 5.91 Å². The number of rotatable bonds is 5. The average Bonchev–Trinajstić information content (AvgIpc) is 2.70. The quantitative estimate of drug-likeness (QED) is 0.763. The highest BCUT2D eigenvalue weighted by molar-refractivity contribution is 5.91. The standard InChI is InChI=1S/C23H27NO4/c1-15-4-3-5-21(16(15)2)24-22(26)14-28-23(27)19-8-6-17(7-9-19)18-10-12-20(25)13-11-18/h6-13,15-16,21,25H,3-5,14H2,1-2H3,(H,24,26)/t15-,16-,21+/m1/s1. The normalized spacial score (nSPS) is 21.7. The molecule has 2 N–H and O–H groups in total. The van der Waals surface area contributed by atoms with Crippen LogP contribution in [0.4, 0.5) is 0 Å². The molecule has 3 atom stereocenters. The van der Waals surface area contributed by atoms with E-state index in [-0.39, 0.29) is 24.3 Å². The highest BCUT2D eigenvalue weighted by atomic mass is 16.5. The number of carbonyl (C=O) groups is 2. The summed E-state index contributed by atoms with van der Waals surface area (Å²) in [5.74, 6) is 0.464. The summed E-state index contributed by atoms with van der Waals surface area (Å²) in [6.45, 7) is 4.11. The van der Waals surface area contributed by atoms with E-state index < -0.39 is 5.97 Å². The Labute approximate surface area is 165 Å². The van der Waals surface area contributed by atoms with Crippen molar-refractivity contribution in [1.29, 1.82) is 0 Å². The summed E-state index contributed by atoms with van der Waals surface area (Å²) in [6.07, 6.45) is 3.29. The predicted molar refractivity (Wildman–Crippen MR) is 108 cm³/mol. The highest BCUT2D eigenvalue weighted by Crippen LogP contribution is 2.29. The van der Waals surface area contributed by atoms with Crippen LogP contribution in [0.15, 0.2) is 48.5 Å². The molecule has 0 aliphatic heterocycles. The molecular formula is C23H27NO4. The van der Waals surface area contributed by atoms with Gasteiger partial charge >= 0.3 is 5.97 Å². The molecule has 2 aromatic rings. The van der Waals surface area contributed by atoms with Gasteiger partial charge in [0.1, 0.15) is 5.75 Å². The number of nitrogens with one attached hydrogen (secondary N) is 1. The molecule has 0 heterocycles. The van der Waals surface area contributed by atoms with Gasteiger partial charge in [-0.1, -0.05) is 51.0 Å². The smallest absolute Gasteiger partial charge is 0.338 e. The largest absolute Gasteiger partial charge is 0.508 e. The van der Waals surface area contributed by atoms with Crippen molar-refractivity contribution in [2.24, 2.45) is 11.8 Å². The first-order valence-electron chi connectivity index (χ1n) is 9.80. The average molecular weight is 381 g/mol. The Bertz CT molecular complexity index is 814. The van der Waals surface area contributed by atoms with E-state index in [1.54, 1.807) is 36.4 Å². The maximum atomic E-state index is 12.2. The minimum absolute atomic E-state index is 0.152. The molecule has 1 aliphatic rings. The molecule has 1 aliphatic carbocycles. The Kier molecular flexibility index (Phi) is 6.34. The van der Waals surface area contributed by atoms with Gasteiger partial charge in [-0.3, -0.25) is 4.79 Å². The number of hydrogen-bond donors (Lipinski definition) is 2. The number of carbonyl (C=O) groups excluding carboxylic acids is 2. The molecule has 1 amide bonds. The van der Waals surface area contributed by atoms with Crippen LogP contribution in [-0.2, 0) is 9.53 Å². The zero-order valence-electron chi connectivity index (χ0n) is 16.4. The molecular weight excluding hydrogens is 354 g/mol. The third kappa shape index (κ3) is 4.91. The van der Waals surface area contributed by atoms with E-state index in [1.165, 1.54) is 6.42 Å². The molecule has 0 bridgehead atoms. The molecule has 28 heavy (non-hydrogen) atoms. The van der Waals surface area contributed by atoms with E-state index in [4.69, 9.17) is 4.74 Å². The SMILES string of the molecule is C[C@@H]1[C@H](C)CCC[C@@H]1NC(=O)COC(=O)c1ccc(-c2ccc(O)cc2)cc1. The van der Waals surface area contributed by atoms with Crippen LogP contribution in [0.5, 0.6) is 5.75 Å². The number of phenols is 1. The second-order valence-electron chi connectivity index (χ2n) is 7.64. The highest BCUT2D eigenvalue weighted by Gasteiger charge is 2.28. The van der Waals surface area contributed by atoms with Crippen molar-refractivity contribution in [3.8, 4) is 16.9 Å². The van der Waals surface area contributed by atoms with Gasteiger partial charge in [0.2, 0.25) is 0 Å². The molecule has 2 aromatic carbocycles. The number of ether oxygens (including phenoxy) is 1. The number of aromatic hydroxyl groups is 1. The zero-order chi connectivity index (χ0) is 20.1. The van der Waals surface area contributed by atoms with Gasteiger partial charge < -0.3 is 15.2 Å². The summed E-state index contributed by atoms with van der Waals surface area (Å²) in [4.78, 5) is 24.4. The van der Waals surface area contributed by atoms with E-state index in [2.05, 4.69) is 19.2 Å². The monoisotopic (exact) mass is 381 g/mol. The lowest BCUT2D eigenvalue weighted by Crippen LogP contribution is -2.45. The first-order chi connectivity index (χ1) is 13.4. The van der Waals surface area contributed by atoms with Gasteiger partial charge in [-0.25, -0.2) is 4.79 Å². The summed E-state index contributed by atoms with van der Waals surface area (Å²) in [5.41, 5.74) is 2.26. The Balaban J connectivity index is 1.51. The second-order valence-corrected chi connectivity index (χ2v) is 7.64. The van der Waals surface area contributed by atoms with Crippen molar-refractivity contribution < 1.29 is 19.4 Å². The summed E-state index contributed by atoms with van der Waals surface area (Å²) >= 11 is 0. The number of phenolic OH excluding ortho intramolecular Hbond substituents is 1. The molecule has 3 rings (SSSR count). The van der Waals surface area contributed by atoms with Gasteiger partial charge in [0.15, 0.2) is 6.61 Å². The molecule has 1 fully saturated rings. The van der Waals surface area contributed by atoms with Crippen LogP contribution >= 0.6 is 0 Å². The van der Waals surface area contributed by atoms with Crippen LogP contribution in [0, 0.1) is 11.8 Å². The van der Waals surface area contributed by atoms with Crippen LogP contribution in [0.2, 0.25) is 0 Å². The first kappa shape index (κ1) is 19.9. The number of hydrogen-bond acceptors (Lipinski definition) is 4. The van der Waals surface area contributed by atoms with E-state index in [1.807, 2.05) is 12.1 Å². The Hall–Kier alpha value is -2.82. The van der Waals surface area contributed by atoms with Crippen LogP contribution in [0.1, 0.15) is 43.5 Å². The molecule has 5 nitrogen and oxygen atoms in total. The molecule has 0 saturated heterocycles. The van der Waals surface area contributed by atoms with E-state index in [0.29, 0.717) is 17.4 Å². The third-order valence-corrected chi connectivity index (χ3v) is 5.71. The van der Waals surface area contributed by atoms with Gasteiger partial charge in [0.05, 0.1) is 5.56 Å². The van der Waals surface area contributed by atoms with Crippen LogP contribution in [0.3, 0.4) is 0 Å². The maximum absolute atomic E-state index is 12.2. The molecule has 0 spiro atoms. The van der Waals surface area contributed by atoms with Crippen molar-refractivity contribution in [2.45, 2.75) is 39.2 Å². The van der Waals surface area contributed by atoms with Crippen molar-refractivity contribution in [1.82, 2.24) is 5.32 Å². The second kappa shape index (κ2) is 8.91. The maximum Gasteiger partial charge on any atom is 0.338 e. The van der Waals surface area contributed by atoms with Gasteiger partial charge in [-0.2, -0.15) is 0 Å². The van der Waals surface area contributed by atoms with E-state index >= 15 is 0 Å². The molecule has 148 valence electrons. The minimum Gasteiger partial charge on any atom is -0.508 e. The van der Waals surface area contributed by atoms with Crippen molar-refractivity contribution in [2.75, 3.05) is 6.61 Å². The Morgan fingerprint density at radius 1 is 1.00 bits per heavy atom. The van der Waals surface area contributed by atoms with Crippen LogP contribution in [-0.4, -0.2) is 29.6 Å². The van der Waals surface area contributed by atoms with Gasteiger partial charge in [-0.15, -0.1) is 0 Å². The summed E-state index contributed by atoms with van der Waals surface area (Å²) in [6, 6.07) is 14.0. The van der Waals surface area contributed by atoms with Crippen molar-refractivity contribution >= 4 is 11.9 Å². The van der Waals surface area contributed by atoms with Crippen LogP contribution < -0.4 is 5.32 Å².